The molecule has 6 nitrogen and oxygen atoms in total. The van der Waals surface area contributed by atoms with Gasteiger partial charge >= 0.3 is 0 Å². The summed E-state index contributed by atoms with van der Waals surface area (Å²) in [5.41, 5.74) is 8.02. The van der Waals surface area contributed by atoms with Crippen LogP contribution >= 0.6 is 11.8 Å². The Bertz CT molecular complexity index is 712. The number of nitrogens with zero attached hydrogens (tertiary/aromatic N) is 2. The molecule has 2 aromatic carbocycles. The maximum absolute atomic E-state index is 12.4. The number of hydrogen-bond acceptors (Lipinski definition) is 6. The summed E-state index contributed by atoms with van der Waals surface area (Å²) in [7, 11) is 0. The van der Waals surface area contributed by atoms with Gasteiger partial charge in [-0.3, -0.25) is 0 Å². The van der Waals surface area contributed by atoms with Crippen molar-refractivity contribution < 1.29 is 13.9 Å². The first-order chi connectivity index (χ1) is 12.0. The topological polar surface area (TPSA) is 99.9 Å². The fourth-order valence-corrected chi connectivity index (χ4v) is 2.53. The Balaban J connectivity index is 2.17. The summed E-state index contributed by atoms with van der Waals surface area (Å²) in [6.45, 7) is 0.00964. The van der Waals surface area contributed by atoms with Gasteiger partial charge in [-0.15, -0.1) is 5.10 Å². The Morgan fingerprint density at radius 1 is 1.20 bits per heavy atom. The van der Waals surface area contributed by atoms with Crippen molar-refractivity contribution in [3.05, 3.63) is 54.1 Å². The van der Waals surface area contributed by atoms with Crippen molar-refractivity contribution in [2.75, 3.05) is 18.5 Å². The third-order valence-electron chi connectivity index (χ3n) is 3.13. The van der Waals surface area contributed by atoms with Gasteiger partial charge in [0, 0.05) is 21.8 Å². The number of anilines is 2. The smallest absolute Gasteiger partial charge is 0.288 e. The summed E-state index contributed by atoms with van der Waals surface area (Å²) in [5.74, 6) is 3.34. The van der Waals surface area contributed by atoms with Crippen LogP contribution in [-0.4, -0.2) is 35.0 Å². The Labute approximate surface area is 148 Å². The van der Waals surface area contributed by atoms with Gasteiger partial charge in [-0.05, 0) is 36.4 Å². The molecule has 0 saturated heterocycles. The second kappa shape index (κ2) is 9.21. The number of aliphatic hydroxyl groups excluding tert-OH is 1. The first kappa shape index (κ1) is 19.0. The zero-order valence-electron chi connectivity index (χ0n) is 13.3. The average molecular weight is 367 g/mol. The molecule has 25 heavy (non-hydrogen) atoms. The van der Waals surface area contributed by atoms with Crippen molar-refractivity contribution in [3.8, 4) is 0 Å². The molecule has 0 aliphatic carbocycles. The predicted octanol–water partition coefficient (Wildman–Crippen LogP) is 2.53. The summed E-state index contributed by atoms with van der Waals surface area (Å²) in [5, 5.41) is 17.1. The first-order valence-electron chi connectivity index (χ1n) is 7.38. The van der Waals surface area contributed by atoms with Gasteiger partial charge in [-0.25, -0.2) is 11.0 Å². The molecule has 2 rings (SSSR count). The molecule has 0 aliphatic heterocycles. The minimum Gasteiger partial charge on any atom is -0.394 e. The summed E-state index contributed by atoms with van der Waals surface area (Å²) >= 11 is 0.493. The zero-order valence-corrected chi connectivity index (χ0v) is 14.1. The SMILES string of the molecule is N/C(=N\N(N)CCO)c1ccccc1Nc1ccc(SC(F)F)cc1. The van der Waals surface area contributed by atoms with Crippen molar-refractivity contribution in [1.29, 1.82) is 0 Å². The number of amidine groups is 1. The molecular weight excluding hydrogens is 348 g/mol. The largest absolute Gasteiger partial charge is 0.394 e. The number of para-hydroxylation sites is 1. The van der Waals surface area contributed by atoms with Crippen LogP contribution in [0.5, 0.6) is 0 Å². The van der Waals surface area contributed by atoms with Crippen molar-refractivity contribution in [2.45, 2.75) is 10.7 Å². The standard InChI is InChI=1S/C16H19F2N5OS/c17-16(18)25-12-7-5-11(6-8-12)21-14-4-2-1-3-13(14)15(19)22-23(20)9-10-24/h1-8,16,21,24H,9-10,20H2,(H2,19,22). The number of aliphatic hydroxyl groups is 1. The van der Waals surface area contributed by atoms with Gasteiger partial charge in [-0.1, -0.05) is 23.9 Å². The molecule has 0 saturated carbocycles. The van der Waals surface area contributed by atoms with Gasteiger partial charge in [0.25, 0.3) is 5.76 Å². The highest BCUT2D eigenvalue weighted by Gasteiger charge is 2.09. The molecule has 134 valence electrons. The highest BCUT2D eigenvalue weighted by molar-refractivity contribution is 7.99. The summed E-state index contributed by atoms with van der Waals surface area (Å²) in [6.07, 6.45) is 0. The van der Waals surface area contributed by atoms with E-state index in [1.165, 1.54) is 0 Å². The molecule has 0 amide bonds. The van der Waals surface area contributed by atoms with E-state index in [9.17, 15) is 8.78 Å². The normalized spacial score (nSPS) is 11.6. The van der Waals surface area contributed by atoms with Gasteiger partial charge in [-0.2, -0.15) is 8.78 Å². The molecule has 6 N–H and O–H groups in total. The fourth-order valence-electron chi connectivity index (χ4n) is 2.04. The molecule has 0 radical (unpaired) electrons. The number of hydrogen-bond donors (Lipinski definition) is 4. The summed E-state index contributed by atoms with van der Waals surface area (Å²) in [4.78, 5) is 0.484. The van der Waals surface area contributed by atoms with E-state index in [0.717, 1.165) is 10.8 Å². The lowest BCUT2D eigenvalue weighted by Gasteiger charge is -2.15. The van der Waals surface area contributed by atoms with Crippen molar-refractivity contribution in [2.24, 2.45) is 16.7 Å². The Hall–Kier alpha value is -2.36. The highest BCUT2D eigenvalue weighted by Crippen LogP contribution is 2.27. The summed E-state index contributed by atoms with van der Waals surface area (Å²) in [6, 6.07) is 13.9. The second-order valence-corrected chi connectivity index (χ2v) is 6.01. The van der Waals surface area contributed by atoms with Crippen molar-refractivity contribution in [1.82, 2.24) is 5.12 Å². The van der Waals surface area contributed by atoms with Gasteiger partial charge in [0.1, 0.15) is 0 Å². The number of hydrazine groups is 1. The van der Waals surface area contributed by atoms with Crippen LogP contribution < -0.4 is 16.9 Å². The van der Waals surface area contributed by atoms with E-state index in [4.69, 9.17) is 16.7 Å². The molecule has 0 heterocycles. The van der Waals surface area contributed by atoms with E-state index >= 15 is 0 Å². The molecule has 0 aliphatic rings. The number of alkyl halides is 2. The quantitative estimate of drug-likeness (QED) is 0.188. The number of thioether (sulfide) groups is 1. The van der Waals surface area contributed by atoms with Gasteiger partial charge in [0.2, 0.25) is 0 Å². The molecule has 2 aromatic rings. The fraction of sp³-hybridized carbons (Fsp3) is 0.188. The lowest BCUT2D eigenvalue weighted by molar-refractivity contribution is 0.204. The van der Waals surface area contributed by atoms with Gasteiger partial charge < -0.3 is 16.2 Å². The number of nitrogens with two attached hydrogens (primary N) is 2. The van der Waals surface area contributed by atoms with Gasteiger partial charge in [0.15, 0.2) is 5.84 Å². The molecule has 9 heteroatoms. The molecule has 0 spiro atoms. The van der Waals surface area contributed by atoms with Crippen LogP contribution in [0.4, 0.5) is 20.2 Å². The Kier molecular flexibility index (Phi) is 6.99. The summed E-state index contributed by atoms with van der Waals surface area (Å²) < 4.78 is 24.7. The van der Waals surface area contributed by atoms with Crippen LogP contribution in [0.2, 0.25) is 0 Å². The van der Waals surface area contributed by atoms with Crippen molar-refractivity contribution in [3.63, 3.8) is 0 Å². The minimum absolute atomic E-state index is 0.143. The molecule has 0 aromatic heterocycles. The third-order valence-corrected chi connectivity index (χ3v) is 3.85. The highest BCUT2D eigenvalue weighted by atomic mass is 32.2. The molecule has 0 fully saturated rings. The second-order valence-electron chi connectivity index (χ2n) is 4.95. The van der Waals surface area contributed by atoms with E-state index in [0.29, 0.717) is 27.9 Å². The van der Waals surface area contributed by atoms with E-state index in [-0.39, 0.29) is 19.0 Å². The lowest BCUT2D eigenvalue weighted by atomic mass is 10.1. The Morgan fingerprint density at radius 3 is 2.52 bits per heavy atom. The number of nitrogens with one attached hydrogen (secondary N) is 1. The van der Waals surface area contributed by atoms with Crippen LogP contribution in [0.1, 0.15) is 5.56 Å². The number of rotatable bonds is 8. The monoisotopic (exact) mass is 367 g/mol. The molecule has 0 bridgehead atoms. The minimum atomic E-state index is -2.45. The number of benzene rings is 2. The molecule has 0 unspecified atom stereocenters. The van der Waals surface area contributed by atoms with Gasteiger partial charge in [0.05, 0.1) is 13.2 Å². The number of hydrazone groups is 1. The van der Waals surface area contributed by atoms with Crippen LogP contribution in [0.3, 0.4) is 0 Å². The van der Waals surface area contributed by atoms with E-state index in [1.807, 2.05) is 12.1 Å². The van der Waals surface area contributed by atoms with E-state index in [2.05, 4.69) is 10.4 Å². The van der Waals surface area contributed by atoms with E-state index < -0.39 is 5.76 Å². The first-order valence-corrected chi connectivity index (χ1v) is 8.26. The van der Waals surface area contributed by atoms with Crippen LogP contribution in [0, 0.1) is 0 Å². The molecular formula is C16H19F2N5OS. The van der Waals surface area contributed by atoms with Crippen molar-refractivity contribution >= 4 is 29.0 Å². The van der Waals surface area contributed by atoms with Crippen LogP contribution in [-0.2, 0) is 0 Å². The molecule has 0 atom stereocenters. The maximum atomic E-state index is 12.4. The maximum Gasteiger partial charge on any atom is 0.288 e. The van der Waals surface area contributed by atoms with Crippen LogP contribution in [0.15, 0.2) is 58.5 Å². The predicted molar refractivity (Wildman–Crippen MR) is 96.7 cm³/mol. The van der Waals surface area contributed by atoms with E-state index in [1.54, 1.807) is 36.4 Å². The number of halogens is 2. The lowest BCUT2D eigenvalue weighted by Crippen LogP contribution is -2.32. The van der Waals surface area contributed by atoms with Crippen LogP contribution in [0.25, 0.3) is 0 Å². The third kappa shape index (κ3) is 5.89. The Morgan fingerprint density at radius 2 is 1.88 bits per heavy atom. The zero-order chi connectivity index (χ0) is 18.2. The average Bonchev–Trinajstić information content (AvgIpc) is 2.57.